The van der Waals surface area contributed by atoms with Crippen LogP contribution in [0.5, 0.6) is 0 Å². The Labute approximate surface area is 91.9 Å². The summed E-state index contributed by atoms with van der Waals surface area (Å²) in [7, 11) is 0. The SMILES string of the molecule is O=C(S)C1C(O)C(O)CCN1C(=O)S. The summed E-state index contributed by atoms with van der Waals surface area (Å²) in [6.45, 7) is 0.192. The van der Waals surface area contributed by atoms with Crippen LogP contribution in [0.15, 0.2) is 0 Å². The van der Waals surface area contributed by atoms with Gasteiger partial charge in [0.2, 0.25) is 5.12 Å². The number of rotatable bonds is 1. The van der Waals surface area contributed by atoms with Crippen molar-refractivity contribution in [2.45, 2.75) is 24.7 Å². The molecule has 1 amide bonds. The molecule has 0 radical (unpaired) electrons. The topological polar surface area (TPSA) is 77.8 Å². The number of nitrogens with zero attached hydrogens (tertiary/aromatic N) is 1. The van der Waals surface area contributed by atoms with Crippen LogP contribution < -0.4 is 0 Å². The van der Waals surface area contributed by atoms with Crippen LogP contribution >= 0.6 is 25.3 Å². The van der Waals surface area contributed by atoms with Crippen LogP contribution in [0.25, 0.3) is 0 Å². The Morgan fingerprint density at radius 2 is 1.86 bits per heavy atom. The van der Waals surface area contributed by atoms with Gasteiger partial charge in [-0.05, 0) is 6.42 Å². The molecule has 5 nitrogen and oxygen atoms in total. The minimum atomic E-state index is -1.29. The number of aliphatic hydroxyl groups is 2. The number of amides is 1. The first-order valence-corrected chi connectivity index (χ1v) is 4.93. The molecular formula is C7H11NO4S2. The van der Waals surface area contributed by atoms with Crippen molar-refractivity contribution in [3.05, 3.63) is 0 Å². The van der Waals surface area contributed by atoms with Crippen molar-refractivity contribution >= 4 is 35.6 Å². The number of hydrogen-bond acceptors (Lipinski definition) is 4. The second-order valence-electron chi connectivity index (χ2n) is 3.11. The normalized spacial score (nSPS) is 32.9. The number of aliphatic hydroxyl groups excluding tert-OH is 2. The molecule has 2 N–H and O–H groups in total. The fourth-order valence-electron chi connectivity index (χ4n) is 1.47. The molecule has 0 bridgehead atoms. The number of carbonyl (C=O) groups is 2. The van der Waals surface area contributed by atoms with E-state index in [-0.39, 0.29) is 13.0 Å². The Bertz CT molecular complexity index is 260. The number of likely N-dealkylation sites (tertiary alicyclic amines) is 1. The van der Waals surface area contributed by atoms with E-state index >= 15 is 0 Å². The maximum atomic E-state index is 11.0. The lowest BCUT2D eigenvalue weighted by Crippen LogP contribution is -2.58. The van der Waals surface area contributed by atoms with E-state index < -0.39 is 28.6 Å². The third kappa shape index (κ3) is 2.22. The van der Waals surface area contributed by atoms with Crippen molar-refractivity contribution < 1.29 is 19.8 Å². The van der Waals surface area contributed by atoms with Crippen LogP contribution in [0.4, 0.5) is 4.79 Å². The molecule has 1 fully saturated rings. The summed E-state index contributed by atoms with van der Waals surface area (Å²) < 4.78 is 0. The number of thiol groups is 2. The zero-order valence-corrected chi connectivity index (χ0v) is 8.99. The van der Waals surface area contributed by atoms with Gasteiger partial charge in [-0.25, -0.2) is 0 Å². The molecule has 3 atom stereocenters. The van der Waals surface area contributed by atoms with E-state index in [4.69, 9.17) is 0 Å². The number of carbonyl (C=O) groups excluding carboxylic acids is 2. The highest BCUT2D eigenvalue weighted by Crippen LogP contribution is 2.21. The maximum absolute atomic E-state index is 11.0. The predicted molar refractivity (Wildman–Crippen MR) is 55.5 cm³/mol. The second-order valence-corrected chi connectivity index (χ2v) is 3.93. The summed E-state index contributed by atoms with van der Waals surface area (Å²) in [6, 6.07) is -1.10. The van der Waals surface area contributed by atoms with E-state index in [1.54, 1.807) is 0 Å². The van der Waals surface area contributed by atoms with Gasteiger partial charge < -0.3 is 15.1 Å². The smallest absolute Gasteiger partial charge is 0.279 e. The minimum absolute atomic E-state index is 0.192. The van der Waals surface area contributed by atoms with Crippen molar-refractivity contribution in [2.75, 3.05) is 6.54 Å². The van der Waals surface area contributed by atoms with E-state index in [0.29, 0.717) is 0 Å². The zero-order chi connectivity index (χ0) is 10.9. The first kappa shape index (κ1) is 11.8. The van der Waals surface area contributed by atoms with Gasteiger partial charge in [-0.3, -0.25) is 9.59 Å². The van der Waals surface area contributed by atoms with Crippen LogP contribution in [0.1, 0.15) is 6.42 Å². The molecule has 7 heteroatoms. The van der Waals surface area contributed by atoms with Gasteiger partial charge in [-0.2, -0.15) is 0 Å². The molecule has 1 rings (SSSR count). The zero-order valence-electron chi connectivity index (χ0n) is 7.20. The summed E-state index contributed by atoms with van der Waals surface area (Å²) in [5, 5.41) is 17.5. The highest BCUT2D eigenvalue weighted by atomic mass is 32.1. The molecule has 0 aromatic carbocycles. The Morgan fingerprint density at radius 1 is 1.29 bits per heavy atom. The van der Waals surface area contributed by atoms with Gasteiger partial charge in [0.25, 0.3) is 5.24 Å². The second kappa shape index (κ2) is 4.52. The summed E-state index contributed by atoms with van der Waals surface area (Å²) >= 11 is 7.13. The van der Waals surface area contributed by atoms with Gasteiger partial charge in [-0.1, -0.05) is 12.6 Å². The van der Waals surface area contributed by atoms with Gasteiger partial charge in [-0.15, -0.1) is 12.6 Å². The molecule has 80 valence electrons. The lowest BCUT2D eigenvalue weighted by atomic mass is 9.97. The average Bonchev–Trinajstić information content (AvgIpc) is 2.08. The predicted octanol–water partition coefficient (Wildman–Crippen LogP) is -0.711. The molecule has 0 saturated carbocycles. The summed E-state index contributed by atoms with van der Waals surface area (Å²) in [6.07, 6.45) is -2.06. The third-order valence-electron chi connectivity index (χ3n) is 2.22. The molecule has 0 aromatic rings. The van der Waals surface area contributed by atoms with Crippen molar-refractivity contribution in [1.29, 1.82) is 0 Å². The fraction of sp³-hybridized carbons (Fsp3) is 0.714. The van der Waals surface area contributed by atoms with E-state index in [1.807, 2.05) is 0 Å². The van der Waals surface area contributed by atoms with Gasteiger partial charge in [0.05, 0.1) is 6.10 Å². The monoisotopic (exact) mass is 237 g/mol. The summed E-state index contributed by atoms with van der Waals surface area (Å²) in [5.74, 6) is 0. The lowest BCUT2D eigenvalue weighted by molar-refractivity contribution is -0.125. The van der Waals surface area contributed by atoms with Crippen LogP contribution in [0.3, 0.4) is 0 Å². The number of hydrogen-bond donors (Lipinski definition) is 4. The maximum Gasteiger partial charge on any atom is 0.279 e. The summed E-state index contributed by atoms with van der Waals surface area (Å²) in [4.78, 5) is 23.1. The van der Waals surface area contributed by atoms with Crippen LogP contribution in [0.2, 0.25) is 0 Å². The van der Waals surface area contributed by atoms with E-state index in [0.717, 1.165) is 4.90 Å². The first-order chi connectivity index (χ1) is 6.45. The highest BCUT2D eigenvalue weighted by molar-refractivity contribution is 7.97. The molecule has 0 spiro atoms. The first-order valence-electron chi connectivity index (χ1n) is 4.03. The minimum Gasteiger partial charge on any atom is -0.390 e. The summed E-state index contributed by atoms with van der Waals surface area (Å²) in [5.41, 5.74) is 0. The van der Waals surface area contributed by atoms with E-state index in [1.165, 1.54) is 0 Å². The molecule has 1 aliphatic rings. The molecule has 0 aliphatic carbocycles. The highest BCUT2D eigenvalue weighted by Gasteiger charge is 2.40. The molecule has 0 aromatic heterocycles. The molecule has 14 heavy (non-hydrogen) atoms. The molecular weight excluding hydrogens is 226 g/mol. The van der Waals surface area contributed by atoms with Gasteiger partial charge in [0, 0.05) is 6.54 Å². The Hall–Kier alpha value is -0.240. The van der Waals surface area contributed by atoms with Crippen molar-refractivity contribution in [3.63, 3.8) is 0 Å². The largest absolute Gasteiger partial charge is 0.390 e. The fourth-order valence-corrected chi connectivity index (χ4v) is 1.99. The Balaban J connectivity index is 2.87. The Kier molecular flexibility index (Phi) is 3.82. The van der Waals surface area contributed by atoms with Gasteiger partial charge >= 0.3 is 0 Å². The van der Waals surface area contributed by atoms with Crippen molar-refractivity contribution in [2.24, 2.45) is 0 Å². The Morgan fingerprint density at radius 3 is 2.29 bits per heavy atom. The quantitative estimate of drug-likeness (QED) is 0.454. The molecule has 3 unspecified atom stereocenters. The average molecular weight is 237 g/mol. The van der Waals surface area contributed by atoms with Crippen molar-refractivity contribution in [1.82, 2.24) is 4.90 Å². The van der Waals surface area contributed by atoms with E-state index in [2.05, 4.69) is 25.3 Å². The third-order valence-corrected chi connectivity index (χ3v) is 2.74. The number of piperidine rings is 1. The van der Waals surface area contributed by atoms with Crippen LogP contribution in [-0.4, -0.2) is 50.3 Å². The molecule has 1 saturated heterocycles. The van der Waals surface area contributed by atoms with Crippen LogP contribution in [0, 0.1) is 0 Å². The standard InChI is InChI=1S/C7H11NO4S2/c9-3-1-2-8(7(12)14)4(5(3)10)6(11)13/h3-5,9-10H,1-2H2,(H,11,13)(H,12,14). The van der Waals surface area contributed by atoms with Crippen LogP contribution in [-0.2, 0) is 4.79 Å². The van der Waals surface area contributed by atoms with Gasteiger partial charge in [0.1, 0.15) is 12.1 Å². The van der Waals surface area contributed by atoms with Gasteiger partial charge in [0.15, 0.2) is 0 Å². The van der Waals surface area contributed by atoms with Crippen molar-refractivity contribution in [3.8, 4) is 0 Å². The van der Waals surface area contributed by atoms with E-state index in [9.17, 15) is 19.8 Å². The molecule has 1 aliphatic heterocycles. The lowest BCUT2D eigenvalue weighted by Gasteiger charge is -2.38. The molecule has 1 heterocycles.